The molecule has 0 spiro atoms. The van der Waals surface area contributed by atoms with Crippen molar-refractivity contribution in [3.05, 3.63) is 0 Å². The average Bonchev–Trinajstić information content (AvgIpc) is 1.86. The maximum Gasteiger partial charge on any atom is 0.0449 e. The number of hydrogen-bond donors (Lipinski definition) is 2. The Bertz CT molecular complexity index is 125. The van der Waals surface area contributed by atoms with E-state index >= 15 is 0 Å². The molecular weight excluding hydrogens is 140 g/mol. The van der Waals surface area contributed by atoms with Crippen LogP contribution in [0, 0.1) is 0 Å². The zero-order valence-electron chi connectivity index (χ0n) is 7.21. The van der Waals surface area contributed by atoms with Crippen molar-refractivity contribution in [1.82, 2.24) is 4.90 Å². The fourth-order valence-corrected chi connectivity index (χ4v) is 1.82. The number of hydrogen-bond acceptors (Lipinski definition) is 3. The van der Waals surface area contributed by atoms with E-state index in [0.29, 0.717) is 0 Å². The molecule has 0 saturated carbocycles. The first-order valence-electron chi connectivity index (χ1n) is 4.25. The first-order valence-corrected chi connectivity index (χ1v) is 4.25. The van der Waals surface area contributed by atoms with Crippen molar-refractivity contribution in [2.45, 2.75) is 24.8 Å². The summed E-state index contributed by atoms with van der Waals surface area (Å²) >= 11 is 0. The van der Waals surface area contributed by atoms with E-state index < -0.39 is 0 Å². The summed E-state index contributed by atoms with van der Waals surface area (Å²) in [6.07, 6.45) is 2.95. The average molecular weight is 158 g/mol. The SMILES string of the molecule is CN1CCCC(N)(CCO)C1. The number of aliphatic hydroxyl groups excluding tert-OH is 1. The lowest BCUT2D eigenvalue weighted by Crippen LogP contribution is -2.53. The van der Waals surface area contributed by atoms with Gasteiger partial charge in [0, 0.05) is 18.7 Å². The third kappa shape index (κ3) is 2.43. The first-order chi connectivity index (χ1) is 5.16. The molecule has 0 aromatic rings. The van der Waals surface area contributed by atoms with Crippen LogP contribution in [0.15, 0.2) is 0 Å². The lowest BCUT2D eigenvalue weighted by Gasteiger charge is -2.38. The highest BCUT2D eigenvalue weighted by Gasteiger charge is 2.28. The standard InChI is InChI=1S/C8H18N2O/c1-10-5-2-3-8(9,7-10)4-6-11/h11H,2-7,9H2,1H3. The second-order valence-electron chi connectivity index (χ2n) is 3.68. The minimum Gasteiger partial charge on any atom is -0.396 e. The number of nitrogens with two attached hydrogens (primary N) is 1. The van der Waals surface area contributed by atoms with Crippen LogP contribution in [0.3, 0.4) is 0 Å². The van der Waals surface area contributed by atoms with Gasteiger partial charge in [-0.2, -0.15) is 0 Å². The summed E-state index contributed by atoms with van der Waals surface area (Å²) < 4.78 is 0. The largest absolute Gasteiger partial charge is 0.396 e. The minimum absolute atomic E-state index is 0.123. The van der Waals surface area contributed by atoms with E-state index in [1.54, 1.807) is 0 Å². The van der Waals surface area contributed by atoms with Crippen molar-refractivity contribution in [1.29, 1.82) is 0 Å². The molecule has 3 nitrogen and oxygen atoms in total. The summed E-state index contributed by atoms with van der Waals surface area (Å²) in [5, 5.41) is 8.77. The van der Waals surface area contributed by atoms with Crippen molar-refractivity contribution < 1.29 is 5.11 Å². The van der Waals surface area contributed by atoms with E-state index in [9.17, 15) is 0 Å². The summed E-state index contributed by atoms with van der Waals surface area (Å²) in [6, 6.07) is 0. The molecule has 1 aliphatic rings. The van der Waals surface area contributed by atoms with Crippen molar-refractivity contribution in [3.8, 4) is 0 Å². The zero-order chi connectivity index (χ0) is 8.32. The molecule has 11 heavy (non-hydrogen) atoms. The second kappa shape index (κ2) is 3.52. The Balaban J connectivity index is 2.41. The van der Waals surface area contributed by atoms with E-state index in [-0.39, 0.29) is 12.1 Å². The van der Waals surface area contributed by atoms with Crippen molar-refractivity contribution in [2.75, 3.05) is 26.7 Å². The zero-order valence-corrected chi connectivity index (χ0v) is 7.21. The molecule has 66 valence electrons. The first kappa shape index (κ1) is 8.97. The number of aliphatic hydroxyl groups is 1. The molecule has 0 aromatic carbocycles. The molecule has 1 saturated heterocycles. The molecule has 1 aliphatic heterocycles. The highest BCUT2D eigenvalue weighted by molar-refractivity contribution is 4.90. The molecule has 1 fully saturated rings. The van der Waals surface area contributed by atoms with Crippen LogP contribution in [0.5, 0.6) is 0 Å². The summed E-state index contributed by atoms with van der Waals surface area (Å²) in [5.74, 6) is 0. The van der Waals surface area contributed by atoms with Crippen molar-refractivity contribution in [2.24, 2.45) is 5.73 Å². The smallest absolute Gasteiger partial charge is 0.0449 e. The predicted octanol–water partition coefficient (Wildman–Crippen LogP) is -0.208. The van der Waals surface area contributed by atoms with Gasteiger partial charge < -0.3 is 15.7 Å². The molecule has 0 amide bonds. The lowest BCUT2D eigenvalue weighted by molar-refractivity contribution is 0.143. The Morgan fingerprint density at radius 3 is 2.91 bits per heavy atom. The molecule has 1 unspecified atom stereocenters. The maximum atomic E-state index is 8.77. The van der Waals surface area contributed by atoms with Crippen LogP contribution in [0.1, 0.15) is 19.3 Å². The molecule has 0 bridgehead atoms. The molecule has 0 aliphatic carbocycles. The molecule has 1 atom stereocenters. The van der Waals surface area contributed by atoms with E-state index in [4.69, 9.17) is 10.8 Å². The van der Waals surface area contributed by atoms with Crippen LogP contribution in [0.25, 0.3) is 0 Å². The fourth-order valence-electron chi connectivity index (χ4n) is 1.82. The van der Waals surface area contributed by atoms with E-state index in [1.807, 2.05) is 0 Å². The van der Waals surface area contributed by atoms with Gasteiger partial charge in [0.15, 0.2) is 0 Å². The van der Waals surface area contributed by atoms with Crippen molar-refractivity contribution in [3.63, 3.8) is 0 Å². The van der Waals surface area contributed by atoms with Gasteiger partial charge in [0.1, 0.15) is 0 Å². The monoisotopic (exact) mass is 158 g/mol. The van der Waals surface area contributed by atoms with Crippen molar-refractivity contribution >= 4 is 0 Å². The summed E-state index contributed by atoms with van der Waals surface area (Å²) in [7, 11) is 2.08. The van der Waals surface area contributed by atoms with Gasteiger partial charge in [0.2, 0.25) is 0 Å². The van der Waals surface area contributed by atoms with Crippen LogP contribution in [-0.4, -0.2) is 42.3 Å². The third-order valence-corrected chi connectivity index (χ3v) is 2.41. The highest BCUT2D eigenvalue weighted by Crippen LogP contribution is 2.20. The molecule has 0 aromatic heterocycles. The molecular formula is C8H18N2O. The van der Waals surface area contributed by atoms with Gasteiger partial charge in [0.25, 0.3) is 0 Å². The summed E-state index contributed by atoms with van der Waals surface area (Å²) in [4.78, 5) is 2.24. The van der Waals surface area contributed by atoms with Crippen LogP contribution in [-0.2, 0) is 0 Å². The van der Waals surface area contributed by atoms with Crippen LogP contribution in [0.2, 0.25) is 0 Å². The van der Waals surface area contributed by atoms with Crippen LogP contribution >= 0.6 is 0 Å². The highest BCUT2D eigenvalue weighted by atomic mass is 16.3. The third-order valence-electron chi connectivity index (χ3n) is 2.41. The van der Waals surface area contributed by atoms with Gasteiger partial charge in [-0.05, 0) is 32.9 Å². The van der Waals surface area contributed by atoms with Gasteiger partial charge in [-0.25, -0.2) is 0 Å². The van der Waals surface area contributed by atoms with Crippen LogP contribution < -0.4 is 5.73 Å². The van der Waals surface area contributed by atoms with Gasteiger partial charge in [-0.15, -0.1) is 0 Å². The number of piperidine rings is 1. The second-order valence-corrected chi connectivity index (χ2v) is 3.68. The topological polar surface area (TPSA) is 49.5 Å². The molecule has 3 N–H and O–H groups in total. The Morgan fingerprint density at radius 1 is 1.64 bits per heavy atom. The Hall–Kier alpha value is -0.120. The summed E-state index contributed by atoms with van der Waals surface area (Å²) in [5.41, 5.74) is 5.94. The van der Waals surface area contributed by atoms with Gasteiger partial charge in [-0.3, -0.25) is 0 Å². The Morgan fingerprint density at radius 2 is 2.36 bits per heavy atom. The Labute approximate surface area is 68.2 Å². The Kier molecular flexibility index (Phi) is 2.87. The normalized spacial score (nSPS) is 34.1. The molecule has 3 heteroatoms. The molecule has 0 radical (unpaired) electrons. The minimum atomic E-state index is -0.123. The van der Waals surface area contributed by atoms with Gasteiger partial charge in [0.05, 0.1) is 0 Å². The predicted molar refractivity (Wildman–Crippen MR) is 45.4 cm³/mol. The molecule has 1 rings (SSSR count). The summed E-state index contributed by atoms with van der Waals surface area (Å²) in [6.45, 7) is 2.28. The van der Waals surface area contributed by atoms with E-state index in [1.165, 1.54) is 0 Å². The van der Waals surface area contributed by atoms with E-state index in [2.05, 4.69) is 11.9 Å². The van der Waals surface area contributed by atoms with Gasteiger partial charge in [-0.1, -0.05) is 0 Å². The van der Waals surface area contributed by atoms with Crippen LogP contribution in [0.4, 0.5) is 0 Å². The number of likely N-dealkylation sites (N-methyl/N-ethyl adjacent to an activating group) is 1. The number of rotatable bonds is 2. The quantitative estimate of drug-likeness (QED) is 0.585. The number of nitrogens with zero attached hydrogens (tertiary/aromatic N) is 1. The van der Waals surface area contributed by atoms with E-state index in [0.717, 1.165) is 32.4 Å². The maximum absolute atomic E-state index is 8.77. The fraction of sp³-hybridized carbons (Fsp3) is 1.00. The lowest BCUT2D eigenvalue weighted by atomic mass is 9.87. The molecule has 1 heterocycles. The van der Waals surface area contributed by atoms with Gasteiger partial charge >= 0.3 is 0 Å². The number of likely N-dealkylation sites (tertiary alicyclic amines) is 1.